The minimum Gasteiger partial charge on any atom is -0.317 e. The van der Waals surface area contributed by atoms with E-state index >= 15 is 0 Å². The Hall–Kier alpha value is -0.900. The van der Waals surface area contributed by atoms with Crippen molar-refractivity contribution in [1.82, 2.24) is 10.2 Å². The van der Waals surface area contributed by atoms with Gasteiger partial charge in [0, 0.05) is 6.04 Å². The molecule has 0 aromatic carbocycles. The van der Waals surface area contributed by atoms with Crippen LogP contribution in [0.25, 0.3) is 0 Å². The van der Waals surface area contributed by atoms with Gasteiger partial charge in [-0.05, 0) is 45.2 Å². The summed E-state index contributed by atoms with van der Waals surface area (Å²) in [6.45, 7) is 1.94. The van der Waals surface area contributed by atoms with Crippen molar-refractivity contribution in [2.75, 3.05) is 13.1 Å². The zero-order valence-corrected chi connectivity index (χ0v) is 10.2. The Morgan fingerprint density at radius 1 is 0.882 bits per heavy atom. The van der Waals surface area contributed by atoms with E-state index in [-0.39, 0.29) is 29.7 Å². The normalized spacial score (nSPS) is 38.4. The summed E-state index contributed by atoms with van der Waals surface area (Å²) in [5.74, 6) is 0.311. The summed E-state index contributed by atoms with van der Waals surface area (Å²) in [6, 6.07) is 0.163. The minimum absolute atomic E-state index is 0.0266. The second-order valence-corrected chi connectivity index (χ2v) is 5.53. The summed E-state index contributed by atoms with van der Waals surface area (Å²) < 4.78 is 0. The first-order chi connectivity index (χ1) is 8.29. The van der Waals surface area contributed by atoms with Gasteiger partial charge in [-0.3, -0.25) is 14.5 Å². The van der Waals surface area contributed by atoms with Crippen LogP contribution in [0.3, 0.4) is 0 Å². The molecule has 1 aliphatic carbocycles. The standard InChI is InChI=1S/C13H20N2O2/c16-12-10-4-1-5-11(10)13(17)15(12)9-3-2-7-14-8-6-9/h9-11,14H,1-8H2. The molecule has 1 saturated carbocycles. The second kappa shape index (κ2) is 4.41. The van der Waals surface area contributed by atoms with Crippen LogP contribution in [0.15, 0.2) is 0 Å². The molecular weight excluding hydrogens is 216 g/mol. The summed E-state index contributed by atoms with van der Waals surface area (Å²) in [5.41, 5.74) is 0. The number of hydrogen-bond acceptors (Lipinski definition) is 3. The molecule has 2 aliphatic heterocycles. The number of likely N-dealkylation sites (tertiary alicyclic amines) is 1. The molecule has 0 spiro atoms. The van der Waals surface area contributed by atoms with Crippen LogP contribution in [-0.2, 0) is 9.59 Å². The van der Waals surface area contributed by atoms with E-state index in [4.69, 9.17) is 0 Å². The predicted molar refractivity (Wildman–Crippen MR) is 63.2 cm³/mol. The van der Waals surface area contributed by atoms with E-state index in [1.807, 2.05) is 0 Å². The highest BCUT2D eigenvalue weighted by atomic mass is 16.2. The van der Waals surface area contributed by atoms with Crippen molar-refractivity contribution in [2.24, 2.45) is 11.8 Å². The molecule has 3 fully saturated rings. The zero-order valence-electron chi connectivity index (χ0n) is 10.2. The third kappa shape index (κ3) is 1.79. The van der Waals surface area contributed by atoms with Crippen LogP contribution in [0.1, 0.15) is 38.5 Å². The van der Waals surface area contributed by atoms with Crippen molar-refractivity contribution in [1.29, 1.82) is 0 Å². The molecule has 0 bridgehead atoms. The fraction of sp³-hybridized carbons (Fsp3) is 0.846. The van der Waals surface area contributed by atoms with Crippen LogP contribution in [0.4, 0.5) is 0 Å². The molecule has 0 aromatic rings. The molecule has 4 nitrogen and oxygen atoms in total. The summed E-state index contributed by atoms with van der Waals surface area (Å²) in [4.78, 5) is 26.2. The first kappa shape index (κ1) is 11.2. The molecule has 3 rings (SSSR count). The molecule has 0 radical (unpaired) electrons. The van der Waals surface area contributed by atoms with Gasteiger partial charge in [0.2, 0.25) is 11.8 Å². The maximum atomic E-state index is 12.3. The van der Waals surface area contributed by atoms with E-state index in [1.54, 1.807) is 4.90 Å². The molecule has 3 unspecified atom stereocenters. The maximum absolute atomic E-state index is 12.3. The van der Waals surface area contributed by atoms with Gasteiger partial charge in [0.05, 0.1) is 11.8 Å². The monoisotopic (exact) mass is 236 g/mol. The predicted octanol–water partition coefficient (Wildman–Crippen LogP) is 0.914. The lowest BCUT2D eigenvalue weighted by Gasteiger charge is -2.25. The molecule has 2 saturated heterocycles. The highest BCUT2D eigenvalue weighted by Crippen LogP contribution is 2.41. The highest BCUT2D eigenvalue weighted by Gasteiger charge is 2.51. The van der Waals surface area contributed by atoms with Gasteiger partial charge in [-0.25, -0.2) is 0 Å². The Morgan fingerprint density at radius 2 is 1.59 bits per heavy atom. The Bertz CT molecular complexity index is 312. The van der Waals surface area contributed by atoms with Crippen LogP contribution in [0, 0.1) is 11.8 Å². The highest BCUT2D eigenvalue weighted by molar-refractivity contribution is 6.05. The van der Waals surface area contributed by atoms with Crippen molar-refractivity contribution in [3.8, 4) is 0 Å². The Balaban J connectivity index is 1.78. The van der Waals surface area contributed by atoms with Crippen molar-refractivity contribution in [2.45, 2.75) is 44.6 Å². The lowest BCUT2D eigenvalue weighted by molar-refractivity contribution is -0.143. The molecule has 17 heavy (non-hydrogen) atoms. The number of rotatable bonds is 1. The molecule has 1 N–H and O–H groups in total. The fourth-order valence-corrected chi connectivity index (χ4v) is 3.64. The first-order valence-corrected chi connectivity index (χ1v) is 6.86. The van der Waals surface area contributed by atoms with Crippen LogP contribution >= 0.6 is 0 Å². The number of carbonyl (C=O) groups excluding carboxylic acids is 2. The third-order valence-corrected chi connectivity index (χ3v) is 4.54. The number of hydrogen-bond donors (Lipinski definition) is 1. The first-order valence-electron chi connectivity index (χ1n) is 6.86. The largest absolute Gasteiger partial charge is 0.317 e. The van der Waals surface area contributed by atoms with Crippen LogP contribution in [0.2, 0.25) is 0 Å². The Morgan fingerprint density at radius 3 is 2.29 bits per heavy atom. The Labute approximate surface area is 102 Å². The molecule has 2 heterocycles. The quantitative estimate of drug-likeness (QED) is 0.689. The van der Waals surface area contributed by atoms with Crippen molar-refractivity contribution in [3.05, 3.63) is 0 Å². The maximum Gasteiger partial charge on any atom is 0.233 e. The van der Waals surface area contributed by atoms with Gasteiger partial charge in [-0.15, -0.1) is 0 Å². The molecule has 94 valence electrons. The number of carbonyl (C=O) groups is 2. The summed E-state index contributed by atoms with van der Waals surface area (Å²) in [6.07, 6.45) is 5.87. The van der Waals surface area contributed by atoms with Gasteiger partial charge >= 0.3 is 0 Å². The van der Waals surface area contributed by atoms with Crippen molar-refractivity contribution >= 4 is 11.8 Å². The SMILES string of the molecule is O=C1C2CCCC2C(=O)N1C1CCCNCC1. The molecule has 3 aliphatic rings. The van der Waals surface area contributed by atoms with Gasteiger partial charge in [0.25, 0.3) is 0 Å². The number of nitrogens with zero attached hydrogens (tertiary/aromatic N) is 1. The molecule has 2 amide bonds. The van der Waals surface area contributed by atoms with Gasteiger partial charge in [-0.1, -0.05) is 6.42 Å². The van der Waals surface area contributed by atoms with Crippen LogP contribution in [0.5, 0.6) is 0 Å². The molecule has 0 aromatic heterocycles. The minimum atomic E-state index is 0.0266. The van der Waals surface area contributed by atoms with Gasteiger partial charge in [0.15, 0.2) is 0 Å². The number of fused-ring (bicyclic) bond motifs is 1. The number of amides is 2. The smallest absolute Gasteiger partial charge is 0.233 e. The van der Waals surface area contributed by atoms with E-state index in [0.29, 0.717) is 0 Å². The van der Waals surface area contributed by atoms with E-state index in [0.717, 1.165) is 51.6 Å². The van der Waals surface area contributed by atoms with E-state index in [2.05, 4.69) is 5.32 Å². The number of imide groups is 1. The van der Waals surface area contributed by atoms with Gasteiger partial charge in [-0.2, -0.15) is 0 Å². The average molecular weight is 236 g/mol. The summed E-state index contributed by atoms with van der Waals surface area (Å²) in [7, 11) is 0. The van der Waals surface area contributed by atoms with Crippen molar-refractivity contribution in [3.63, 3.8) is 0 Å². The Kier molecular flexibility index (Phi) is 2.90. The number of nitrogens with one attached hydrogen (secondary N) is 1. The van der Waals surface area contributed by atoms with E-state index in [9.17, 15) is 9.59 Å². The average Bonchev–Trinajstić information content (AvgIpc) is 2.77. The molecular formula is C13H20N2O2. The summed E-state index contributed by atoms with van der Waals surface area (Å²) >= 11 is 0. The lowest BCUT2D eigenvalue weighted by Crippen LogP contribution is -2.41. The molecule has 4 heteroatoms. The molecule has 3 atom stereocenters. The van der Waals surface area contributed by atoms with Crippen LogP contribution in [-0.4, -0.2) is 35.8 Å². The lowest BCUT2D eigenvalue weighted by atomic mass is 10.00. The van der Waals surface area contributed by atoms with Gasteiger partial charge < -0.3 is 5.32 Å². The van der Waals surface area contributed by atoms with Crippen molar-refractivity contribution < 1.29 is 9.59 Å². The zero-order chi connectivity index (χ0) is 11.8. The van der Waals surface area contributed by atoms with E-state index in [1.165, 1.54) is 0 Å². The third-order valence-electron chi connectivity index (χ3n) is 4.54. The summed E-state index contributed by atoms with van der Waals surface area (Å²) in [5, 5.41) is 3.33. The second-order valence-electron chi connectivity index (χ2n) is 5.53. The van der Waals surface area contributed by atoms with Crippen LogP contribution < -0.4 is 5.32 Å². The fourth-order valence-electron chi connectivity index (χ4n) is 3.64. The van der Waals surface area contributed by atoms with E-state index < -0.39 is 0 Å². The van der Waals surface area contributed by atoms with Gasteiger partial charge in [0.1, 0.15) is 0 Å². The topological polar surface area (TPSA) is 49.4 Å².